The molecule has 0 saturated carbocycles. The number of benzene rings is 2. The number of ether oxygens (including phenoxy) is 1. The van der Waals surface area contributed by atoms with Crippen LogP contribution in [0.25, 0.3) is 0 Å². The summed E-state index contributed by atoms with van der Waals surface area (Å²) in [6.07, 6.45) is 0. The van der Waals surface area contributed by atoms with Gasteiger partial charge in [0, 0.05) is 23.2 Å². The van der Waals surface area contributed by atoms with Crippen LogP contribution in [-0.2, 0) is 6.54 Å². The van der Waals surface area contributed by atoms with Gasteiger partial charge in [-0.1, -0.05) is 23.7 Å². The molecule has 0 amide bonds. The van der Waals surface area contributed by atoms with Gasteiger partial charge in [0.05, 0.1) is 7.11 Å². The number of rotatable bonds is 5. The summed E-state index contributed by atoms with van der Waals surface area (Å²) < 4.78 is 5.16. The highest BCUT2D eigenvalue weighted by Crippen LogP contribution is 2.24. The van der Waals surface area contributed by atoms with Crippen LogP contribution in [0.2, 0.25) is 5.02 Å². The molecule has 3 nitrogen and oxygen atoms in total. The lowest BCUT2D eigenvalue weighted by atomic mass is 10.1. The van der Waals surface area contributed by atoms with Crippen molar-refractivity contribution in [2.75, 3.05) is 7.11 Å². The Bertz CT molecular complexity index is 586. The van der Waals surface area contributed by atoms with Crippen molar-refractivity contribution < 1.29 is 9.84 Å². The number of hydrogen-bond acceptors (Lipinski definition) is 3. The smallest absolute Gasteiger partial charge is 0.120 e. The third kappa shape index (κ3) is 3.65. The SMILES string of the molecule is COc1ccc(O)c(CN[C@@H](C)c2cccc(Cl)c2)c1. The van der Waals surface area contributed by atoms with Gasteiger partial charge in [-0.3, -0.25) is 0 Å². The van der Waals surface area contributed by atoms with Gasteiger partial charge in [0.25, 0.3) is 0 Å². The molecule has 0 unspecified atom stereocenters. The number of phenols is 1. The molecule has 106 valence electrons. The van der Waals surface area contributed by atoms with Gasteiger partial charge < -0.3 is 15.2 Å². The molecule has 2 rings (SSSR count). The highest BCUT2D eigenvalue weighted by atomic mass is 35.5. The van der Waals surface area contributed by atoms with Gasteiger partial charge in [-0.05, 0) is 42.8 Å². The van der Waals surface area contributed by atoms with E-state index < -0.39 is 0 Å². The van der Waals surface area contributed by atoms with Crippen molar-refractivity contribution in [3.05, 3.63) is 58.6 Å². The zero-order valence-electron chi connectivity index (χ0n) is 11.6. The molecular formula is C16H18ClNO2. The molecule has 0 fully saturated rings. The van der Waals surface area contributed by atoms with Gasteiger partial charge >= 0.3 is 0 Å². The summed E-state index contributed by atoms with van der Waals surface area (Å²) in [5, 5.41) is 13.9. The van der Waals surface area contributed by atoms with E-state index >= 15 is 0 Å². The van der Waals surface area contributed by atoms with Crippen LogP contribution in [0.4, 0.5) is 0 Å². The highest BCUT2D eigenvalue weighted by Gasteiger charge is 2.08. The first-order valence-electron chi connectivity index (χ1n) is 6.45. The van der Waals surface area contributed by atoms with E-state index in [0.717, 1.165) is 21.9 Å². The van der Waals surface area contributed by atoms with Gasteiger partial charge in [-0.25, -0.2) is 0 Å². The fourth-order valence-electron chi connectivity index (χ4n) is 1.99. The van der Waals surface area contributed by atoms with Gasteiger partial charge in [0.1, 0.15) is 11.5 Å². The lowest BCUT2D eigenvalue weighted by Gasteiger charge is -2.15. The molecule has 0 heterocycles. The summed E-state index contributed by atoms with van der Waals surface area (Å²) >= 11 is 5.99. The maximum Gasteiger partial charge on any atom is 0.120 e. The van der Waals surface area contributed by atoms with Crippen molar-refractivity contribution in [3.63, 3.8) is 0 Å². The minimum atomic E-state index is 0.138. The Morgan fingerprint density at radius 2 is 2.05 bits per heavy atom. The number of halogens is 1. The molecule has 2 N–H and O–H groups in total. The summed E-state index contributed by atoms with van der Waals surface area (Å²) in [5.41, 5.74) is 1.91. The lowest BCUT2D eigenvalue weighted by Crippen LogP contribution is -2.18. The zero-order chi connectivity index (χ0) is 14.5. The average molecular weight is 292 g/mol. The van der Waals surface area contributed by atoms with Crippen molar-refractivity contribution >= 4 is 11.6 Å². The maximum atomic E-state index is 9.84. The van der Waals surface area contributed by atoms with Crippen LogP contribution >= 0.6 is 11.6 Å². The molecule has 4 heteroatoms. The molecule has 0 aliphatic heterocycles. The fourth-order valence-corrected chi connectivity index (χ4v) is 2.19. The van der Waals surface area contributed by atoms with Gasteiger partial charge in [-0.2, -0.15) is 0 Å². The number of phenolic OH excluding ortho intramolecular Hbond substituents is 1. The average Bonchev–Trinajstić information content (AvgIpc) is 2.46. The lowest BCUT2D eigenvalue weighted by molar-refractivity contribution is 0.409. The predicted molar refractivity (Wildman–Crippen MR) is 81.4 cm³/mol. The normalized spacial score (nSPS) is 12.2. The second-order valence-corrected chi connectivity index (χ2v) is 5.09. The van der Waals surface area contributed by atoms with E-state index in [1.807, 2.05) is 30.3 Å². The summed E-state index contributed by atoms with van der Waals surface area (Å²) in [5.74, 6) is 0.992. The van der Waals surface area contributed by atoms with E-state index in [2.05, 4.69) is 12.2 Å². The first-order valence-corrected chi connectivity index (χ1v) is 6.82. The minimum Gasteiger partial charge on any atom is -0.508 e. The molecule has 0 aromatic heterocycles. The van der Waals surface area contributed by atoms with Gasteiger partial charge in [-0.15, -0.1) is 0 Å². The monoisotopic (exact) mass is 291 g/mol. The second-order valence-electron chi connectivity index (χ2n) is 4.65. The van der Waals surface area contributed by atoms with E-state index in [-0.39, 0.29) is 11.8 Å². The standard InChI is InChI=1S/C16H18ClNO2/c1-11(12-4-3-5-14(17)8-12)18-10-13-9-15(20-2)6-7-16(13)19/h3-9,11,18-19H,10H2,1-2H3/t11-/m0/s1. The predicted octanol–water partition coefficient (Wildman–Crippen LogP) is 3.91. The molecule has 0 saturated heterocycles. The third-order valence-electron chi connectivity index (χ3n) is 3.23. The molecule has 0 radical (unpaired) electrons. The first-order chi connectivity index (χ1) is 9.60. The molecule has 0 aliphatic carbocycles. The van der Waals surface area contributed by atoms with Crippen molar-refractivity contribution in [2.45, 2.75) is 19.5 Å². The topological polar surface area (TPSA) is 41.5 Å². The molecule has 2 aromatic rings. The summed E-state index contributed by atoms with van der Waals surface area (Å²) in [6, 6.07) is 13.1. The van der Waals surface area contributed by atoms with Crippen LogP contribution in [0.15, 0.2) is 42.5 Å². The Labute approximate surface area is 124 Å². The number of hydrogen-bond donors (Lipinski definition) is 2. The molecule has 0 aliphatic rings. The van der Waals surface area contributed by atoms with E-state index in [9.17, 15) is 5.11 Å². The van der Waals surface area contributed by atoms with Crippen LogP contribution < -0.4 is 10.1 Å². The summed E-state index contributed by atoms with van der Waals surface area (Å²) in [7, 11) is 1.61. The van der Waals surface area contributed by atoms with Crippen molar-refractivity contribution in [1.82, 2.24) is 5.32 Å². The first kappa shape index (κ1) is 14.7. The largest absolute Gasteiger partial charge is 0.508 e. The number of aromatic hydroxyl groups is 1. The van der Waals surface area contributed by atoms with E-state index in [0.29, 0.717) is 6.54 Å². The van der Waals surface area contributed by atoms with Crippen LogP contribution in [0.3, 0.4) is 0 Å². The van der Waals surface area contributed by atoms with Crippen LogP contribution in [0.1, 0.15) is 24.1 Å². The molecule has 0 spiro atoms. The third-order valence-corrected chi connectivity index (χ3v) is 3.47. The summed E-state index contributed by atoms with van der Waals surface area (Å²) in [6.45, 7) is 2.61. The second kappa shape index (κ2) is 6.64. The fraction of sp³-hybridized carbons (Fsp3) is 0.250. The Morgan fingerprint density at radius 3 is 2.75 bits per heavy atom. The molecular weight excluding hydrogens is 274 g/mol. The quantitative estimate of drug-likeness (QED) is 0.878. The summed E-state index contributed by atoms with van der Waals surface area (Å²) in [4.78, 5) is 0. The zero-order valence-corrected chi connectivity index (χ0v) is 12.3. The van der Waals surface area contributed by atoms with E-state index in [4.69, 9.17) is 16.3 Å². The number of methoxy groups -OCH3 is 1. The highest BCUT2D eigenvalue weighted by molar-refractivity contribution is 6.30. The van der Waals surface area contributed by atoms with Crippen LogP contribution in [0, 0.1) is 0 Å². The van der Waals surface area contributed by atoms with E-state index in [1.54, 1.807) is 19.2 Å². The van der Waals surface area contributed by atoms with Crippen LogP contribution in [0.5, 0.6) is 11.5 Å². The van der Waals surface area contributed by atoms with Crippen molar-refractivity contribution in [2.24, 2.45) is 0 Å². The van der Waals surface area contributed by atoms with Gasteiger partial charge in [0.2, 0.25) is 0 Å². The molecule has 2 aromatic carbocycles. The van der Waals surface area contributed by atoms with E-state index in [1.165, 1.54) is 0 Å². The Kier molecular flexibility index (Phi) is 4.88. The van der Waals surface area contributed by atoms with Crippen molar-refractivity contribution in [1.29, 1.82) is 0 Å². The molecule has 0 bridgehead atoms. The van der Waals surface area contributed by atoms with Crippen molar-refractivity contribution in [3.8, 4) is 11.5 Å². The Morgan fingerprint density at radius 1 is 1.25 bits per heavy atom. The van der Waals surface area contributed by atoms with Gasteiger partial charge in [0.15, 0.2) is 0 Å². The maximum absolute atomic E-state index is 9.84. The Hall–Kier alpha value is -1.71. The molecule has 1 atom stereocenters. The minimum absolute atomic E-state index is 0.138. The molecule has 20 heavy (non-hydrogen) atoms. The van der Waals surface area contributed by atoms with Crippen LogP contribution in [-0.4, -0.2) is 12.2 Å². The Balaban J connectivity index is 2.05. The number of nitrogens with one attached hydrogen (secondary N) is 1.